The van der Waals surface area contributed by atoms with Gasteiger partial charge >= 0.3 is 0 Å². The first-order valence-electron chi connectivity index (χ1n) is 25.5. The second-order valence-electron chi connectivity index (χ2n) is 19.3. The predicted octanol–water partition coefficient (Wildman–Crippen LogP) is 20.0. The Morgan fingerprint density at radius 3 is 0.919 bits per heavy atom. The zero-order valence-corrected chi connectivity index (χ0v) is 40.6. The number of aromatic nitrogens is 1. The highest BCUT2D eigenvalue weighted by Crippen LogP contribution is 2.42. The Balaban J connectivity index is 0.854. The van der Waals surface area contributed by atoms with E-state index < -0.39 is 0 Å². The zero-order chi connectivity index (χ0) is 49.0. The lowest BCUT2D eigenvalue weighted by Crippen LogP contribution is -2.09. The maximum atomic E-state index is 2.43. The molecule has 2 nitrogen and oxygen atoms in total. The maximum absolute atomic E-state index is 2.43. The molecule has 13 aromatic carbocycles. The highest BCUT2D eigenvalue weighted by Gasteiger charge is 2.18. The minimum absolute atomic E-state index is 1.10. The molecule has 0 spiro atoms. The monoisotopic (exact) mass is 940 g/mol. The van der Waals surface area contributed by atoms with Gasteiger partial charge in [-0.15, -0.1) is 0 Å². The average Bonchev–Trinajstić information content (AvgIpc) is 3.81. The first-order chi connectivity index (χ1) is 36.7. The SMILES string of the molecule is c1ccc(-c2ccc(-c3ccc4c(c3)c3cc(-c5ccc(N(c6ccccc6)c6ccc(-c7ccccc7)cc6)cc5)ccc3n4-c3ccc(-c4ccc5c6ccccc6c6ccccc6c5c4)cc3)cc2)cc1. The molecule has 1 aromatic heterocycles. The van der Waals surface area contributed by atoms with Crippen molar-refractivity contribution in [2.45, 2.75) is 0 Å². The Morgan fingerprint density at radius 1 is 0.189 bits per heavy atom. The number of benzene rings is 13. The van der Waals surface area contributed by atoms with Crippen LogP contribution < -0.4 is 4.90 Å². The van der Waals surface area contributed by atoms with Crippen molar-refractivity contribution in [1.29, 1.82) is 0 Å². The maximum Gasteiger partial charge on any atom is 0.0541 e. The Morgan fingerprint density at radius 2 is 0.473 bits per heavy atom. The van der Waals surface area contributed by atoms with E-state index in [2.05, 4.69) is 301 Å². The zero-order valence-electron chi connectivity index (χ0n) is 40.6. The molecule has 1 heterocycles. The van der Waals surface area contributed by atoms with E-state index in [4.69, 9.17) is 0 Å². The molecule has 0 saturated heterocycles. The topological polar surface area (TPSA) is 8.17 Å². The summed E-state index contributed by atoms with van der Waals surface area (Å²) in [6, 6.07) is 106. The molecule has 2 heteroatoms. The fourth-order valence-electron chi connectivity index (χ4n) is 11.3. The fraction of sp³-hybridized carbons (Fsp3) is 0. The second kappa shape index (κ2) is 18.1. The van der Waals surface area contributed by atoms with Gasteiger partial charge in [0, 0.05) is 33.5 Å². The molecule has 0 amide bonds. The van der Waals surface area contributed by atoms with Crippen LogP contribution in [0.1, 0.15) is 0 Å². The van der Waals surface area contributed by atoms with Crippen LogP contribution in [0.25, 0.3) is 115 Å². The Labute approximate surface area is 430 Å². The summed E-state index contributed by atoms with van der Waals surface area (Å²) < 4.78 is 2.43. The molecular formula is C72H48N2. The number of anilines is 3. The van der Waals surface area contributed by atoms with Crippen LogP contribution in [0.5, 0.6) is 0 Å². The molecule has 0 aliphatic carbocycles. The van der Waals surface area contributed by atoms with Crippen LogP contribution in [0, 0.1) is 0 Å². The normalized spacial score (nSPS) is 11.5. The number of rotatable bonds is 9. The summed E-state index contributed by atoms with van der Waals surface area (Å²) >= 11 is 0. The molecule has 0 aliphatic rings. The minimum Gasteiger partial charge on any atom is -0.311 e. The van der Waals surface area contributed by atoms with Gasteiger partial charge in [-0.2, -0.15) is 0 Å². The van der Waals surface area contributed by atoms with Crippen molar-refractivity contribution in [2.75, 3.05) is 4.90 Å². The first-order valence-corrected chi connectivity index (χ1v) is 25.5. The quantitative estimate of drug-likeness (QED) is 0.131. The number of hydrogen-bond acceptors (Lipinski definition) is 1. The van der Waals surface area contributed by atoms with Gasteiger partial charge in [0.2, 0.25) is 0 Å². The number of fused-ring (bicyclic) bond motifs is 9. The average molecular weight is 941 g/mol. The third-order valence-electron chi connectivity index (χ3n) is 15.0. The van der Waals surface area contributed by atoms with Crippen molar-refractivity contribution in [2.24, 2.45) is 0 Å². The molecular weight excluding hydrogens is 893 g/mol. The highest BCUT2D eigenvalue weighted by atomic mass is 15.1. The fourth-order valence-corrected chi connectivity index (χ4v) is 11.3. The van der Waals surface area contributed by atoms with Gasteiger partial charge in [0.15, 0.2) is 0 Å². The van der Waals surface area contributed by atoms with E-state index in [9.17, 15) is 0 Å². The lowest BCUT2D eigenvalue weighted by Gasteiger charge is -2.26. The van der Waals surface area contributed by atoms with Gasteiger partial charge in [0.25, 0.3) is 0 Å². The van der Waals surface area contributed by atoms with Crippen molar-refractivity contribution in [3.05, 3.63) is 291 Å². The van der Waals surface area contributed by atoms with Crippen LogP contribution in [-0.2, 0) is 0 Å². The molecule has 14 aromatic rings. The smallest absolute Gasteiger partial charge is 0.0541 e. The van der Waals surface area contributed by atoms with Gasteiger partial charge in [-0.1, -0.05) is 212 Å². The molecule has 0 saturated carbocycles. The van der Waals surface area contributed by atoms with E-state index in [1.807, 2.05) is 0 Å². The molecule has 0 aliphatic heterocycles. The summed E-state index contributed by atoms with van der Waals surface area (Å²) in [5.41, 5.74) is 18.7. The van der Waals surface area contributed by atoms with Crippen molar-refractivity contribution in [1.82, 2.24) is 4.57 Å². The summed E-state index contributed by atoms with van der Waals surface area (Å²) in [7, 11) is 0. The lowest BCUT2D eigenvalue weighted by molar-refractivity contribution is 1.18. The van der Waals surface area contributed by atoms with E-state index in [0.717, 1.165) is 28.3 Å². The number of hydrogen-bond donors (Lipinski definition) is 0. The predicted molar refractivity (Wildman–Crippen MR) is 315 cm³/mol. The van der Waals surface area contributed by atoms with E-state index >= 15 is 0 Å². The Hall–Kier alpha value is -9.76. The van der Waals surface area contributed by atoms with Crippen molar-refractivity contribution in [3.8, 4) is 61.3 Å². The van der Waals surface area contributed by atoms with Crippen LogP contribution in [0.4, 0.5) is 17.1 Å². The van der Waals surface area contributed by atoms with Crippen molar-refractivity contribution < 1.29 is 0 Å². The van der Waals surface area contributed by atoms with E-state index in [0.29, 0.717) is 0 Å². The van der Waals surface area contributed by atoms with Crippen LogP contribution in [0.3, 0.4) is 0 Å². The second-order valence-corrected chi connectivity index (χ2v) is 19.3. The highest BCUT2D eigenvalue weighted by molar-refractivity contribution is 6.25. The Kier molecular flexibility index (Phi) is 10.6. The number of nitrogens with zero attached hydrogens (tertiary/aromatic N) is 2. The largest absolute Gasteiger partial charge is 0.311 e. The summed E-state index contributed by atoms with van der Waals surface area (Å²) in [4.78, 5) is 2.33. The molecule has 0 bridgehead atoms. The van der Waals surface area contributed by atoms with Crippen molar-refractivity contribution >= 4 is 71.2 Å². The molecule has 0 N–H and O–H groups in total. The lowest BCUT2D eigenvalue weighted by atomic mass is 9.92. The molecule has 14 rings (SSSR count). The molecule has 0 unspecified atom stereocenters. The standard InChI is InChI=1S/C72H48N2/c1-4-14-49(15-5-1)51-24-26-53(27-25-51)57-35-44-71-69(47-57)70-48-58(55-30-39-61(40-31-55)73(59-18-8-3-9-19-59)60-37-28-52(29-38-60)50-16-6-2-7-17-50)36-45-72(70)74(71)62-41-32-54(33-42-62)56-34-43-67-65-22-11-10-20-63(65)64-21-12-13-23-66(64)68(67)46-56/h1-48H. The number of para-hydroxylation sites is 1. The van der Waals surface area contributed by atoms with Gasteiger partial charge in [0.1, 0.15) is 0 Å². The molecule has 0 atom stereocenters. The van der Waals surface area contributed by atoms with E-state index in [1.165, 1.54) is 104 Å². The van der Waals surface area contributed by atoms with Gasteiger partial charge in [-0.05, 0) is 167 Å². The van der Waals surface area contributed by atoms with Crippen LogP contribution in [0.2, 0.25) is 0 Å². The van der Waals surface area contributed by atoms with Crippen molar-refractivity contribution in [3.63, 3.8) is 0 Å². The van der Waals surface area contributed by atoms with Crippen LogP contribution in [-0.4, -0.2) is 4.57 Å². The summed E-state index contributed by atoms with van der Waals surface area (Å²) in [5.74, 6) is 0. The third-order valence-corrected chi connectivity index (χ3v) is 15.0. The van der Waals surface area contributed by atoms with Gasteiger partial charge in [-0.3, -0.25) is 0 Å². The van der Waals surface area contributed by atoms with Gasteiger partial charge in [-0.25, -0.2) is 0 Å². The molecule has 346 valence electrons. The third kappa shape index (κ3) is 7.60. The van der Waals surface area contributed by atoms with Crippen LogP contribution >= 0.6 is 0 Å². The van der Waals surface area contributed by atoms with Crippen LogP contribution in [0.15, 0.2) is 291 Å². The first kappa shape index (κ1) is 43.1. The summed E-state index contributed by atoms with van der Waals surface area (Å²) in [6.07, 6.45) is 0. The molecule has 74 heavy (non-hydrogen) atoms. The minimum atomic E-state index is 1.10. The summed E-state index contributed by atoms with van der Waals surface area (Å²) in [6.45, 7) is 0. The molecule has 0 radical (unpaired) electrons. The molecule has 0 fully saturated rings. The van der Waals surface area contributed by atoms with Gasteiger partial charge < -0.3 is 9.47 Å². The summed E-state index contributed by atoms with van der Waals surface area (Å²) in [5, 5.41) is 10.2. The van der Waals surface area contributed by atoms with E-state index in [1.54, 1.807) is 0 Å². The Bertz CT molecular complexity index is 4310. The van der Waals surface area contributed by atoms with Gasteiger partial charge in [0.05, 0.1) is 11.0 Å². The van der Waals surface area contributed by atoms with E-state index in [-0.39, 0.29) is 0 Å².